The summed E-state index contributed by atoms with van der Waals surface area (Å²) in [4.78, 5) is 0. The van der Waals surface area contributed by atoms with Crippen LogP contribution in [0.3, 0.4) is 0 Å². The molecule has 2 atom stereocenters. The van der Waals surface area contributed by atoms with E-state index in [-0.39, 0.29) is 0 Å². The largest absolute Gasteiger partial charge is 0.307 e. The minimum absolute atomic E-state index is 0.361. The van der Waals surface area contributed by atoms with E-state index >= 15 is 0 Å². The van der Waals surface area contributed by atoms with Gasteiger partial charge in [-0.3, -0.25) is 0 Å². The molecule has 0 aromatic heterocycles. The van der Waals surface area contributed by atoms with Gasteiger partial charge in [-0.1, -0.05) is 26.0 Å². The van der Waals surface area contributed by atoms with Crippen molar-refractivity contribution in [1.82, 2.24) is 5.32 Å². The van der Waals surface area contributed by atoms with Crippen LogP contribution in [-0.2, 0) is 0 Å². The molecule has 2 unspecified atom stereocenters. The molecule has 0 aliphatic heterocycles. The number of nitrogens with zero attached hydrogens (tertiary/aromatic N) is 1. The van der Waals surface area contributed by atoms with Gasteiger partial charge in [0, 0.05) is 12.1 Å². The van der Waals surface area contributed by atoms with E-state index in [4.69, 9.17) is 5.26 Å². The molecule has 1 saturated carbocycles. The Balaban J connectivity index is 1.99. The van der Waals surface area contributed by atoms with Crippen molar-refractivity contribution >= 4 is 0 Å². The summed E-state index contributed by atoms with van der Waals surface area (Å²) >= 11 is 0. The molecule has 1 aromatic rings. The van der Waals surface area contributed by atoms with E-state index in [0.717, 1.165) is 5.56 Å². The molecule has 84 valence electrons. The van der Waals surface area contributed by atoms with Crippen molar-refractivity contribution < 1.29 is 0 Å². The molecule has 2 rings (SSSR count). The van der Waals surface area contributed by atoms with Gasteiger partial charge < -0.3 is 5.32 Å². The second-order valence-corrected chi connectivity index (χ2v) is 5.37. The smallest absolute Gasteiger partial charge is 0.0991 e. The number of rotatable bonds is 3. The Morgan fingerprint density at radius 3 is 2.38 bits per heavy atom. The number of benzene rings is 1. The Labute approximate surface area is 97.3 Å². The predicted molar refractivity (Wildman–Crippen MR) is 64.9 cm³/mol. The average Bonchev–Trinajstić information content (AvgIpc) is 2.86. The van der Waals surface area contributed by atoms with Gasteiger partial charge in [0.25, 0.3) is 0 Å². The van der Waals surface area contributed by atoms with Crippen LogP contribution in [0.25, 0.3) is 0 Å². The molecule has 1 N–H and O–H groups in total. The minimum atomic E-state index is 0.361. The monoisotopic (exact) mass is 214 g/mol. The van der Waals surface area contributed by atoms with Gasteiger partial charge in [-0.05, 0) is 36.5 Å². The fourth-order valence-corrected chi connectivity index (χ4v) is 2.00. The third kappa shape index (κ3) is 2.25. The van der Waals surface area contributed by atoms with Gasteiger partial charge in [0.1, 0.15) is 0 Å². The lowest BCUT2D eigenvalue weighted by atomic mass is 10.1. The van der Waals surface area contributed by atoms with Gasteiger partial charge in [0.05, 0.1) is 11.6 Å². The van der Waals surface area contributed by atoms with Gasteiger partial charge in [-0.2, -0.15) is 5.26 Å². The quantitative estimate of drug-likeness (QED) is 0.839. The summed E-state index contributed by atoms with van der Waals surface area (Å²) in [6, 6.07) is 11.0. The van der Waals surface area contributed by atoms with E-state index in [0.29, 0.717) is 17.5 Å². The fourth-order valence-electron chi connectivity index (χ4n) is 2.00. The molecule has 0 spiro atoms. The summed E-state index contributed by atoms with van der Waals surface area (Å²) in [6.45, 7) is 6.75. The molecule has 0 bridgehead atoms. The molecule has 0 heterocycles. The van der Waals surface area contributed by atoms with Crippen LogP contribution < -0.4 is 5.32 Å². The minimum Gasteiger partial charge on any atom is -0.307 e. The highest BCUT2D eigenvalue weighted by atomic mass is 15.0. The zero-order valence-electron chi connectivity index (χ0n) is 10.1. The predicted octanol–water partition coefficient (Wildman–Crippen LogP) is 3.01. The summed E-state index contributed by atoms with van der Waals surface area (Å²) in [5, 5.41) is 12.3. The van der Waals surface area contributed by atoms with Crippen LogP contribution >= 0.6 is 0 Å². The van der Waals surface area contributed by atoms with E-state index in [1.165, 1.54) is 12.0 Å². The van der Waals surface area contributed by atoms with Gasteiger partial charge in [-0.25, -0.2) is 0 Å². The van der Waals surface area contributed by atoms with Crippen molar-refractivity contribution in [3.05, 3.63) is 35.4 Å². The summed E-state index contributed by atoms with van der Waals surface area (Å²) in [5.41, 5.74) is 2.44. The molecule has 0 radical (unpaired) electrons. The van der Waals surface area contributed by atoms with Crippen LogP contribution in [0.5, 0.6) is 0 Å². The van der Waals surface area contributed by atoms with Crippen LogP contribution in [0.1, 0.15) is 44.4 Å². The first-order valence-corrected chi connectivity index (χ1v) is 5.79. The third-order valence-electron chi connectivity index (χ3n) is 3.50. The van der Waals surface area contributed by atoms with Crippen LogP contribution in [0.4, 0.5) is 0 Å². The number of nitriles is 1. The second-order valence-electron chi connectivity index (χ2n) is 5.37. The Hall–Kier alpha value is -1.33. The van der Waals surface area contributed by atoms with Crippen LogP contribution in [0, 0.1) is 16.7 Å². The maximum absolute atomic E-state index is 8.73. The number of hydrogen-bond acceptors (Lipinski definition) is 2. The first-order valence-electron chi connectivity index (χ1n) is 5.79. The van der Waals surface area contributed by atoms with Gasteiger partial charge in [0.2, 0.25) is 0 Å². The molecule has 1 aromatic carbocycles. The van der Waals surface area contributed by atoms with Crippen molar-refractivity contribution in [1.29, 1.82) is 5.26 Å². The zero-order valence-corrected chi connectivity index (χ0v) is 10.1. The number of hydrogen-bond donors (Lipinski definition) is 1. The van der Waals surface area contributed by atoms with E-state index in [1.54, 1.807) is 0 Å². The van der Waals surface area contributed by atoms with Crippen molar-refractivity contribution in [3.63, 3.8) is 0 Å². The molecule has 2 nitrogen and oxygen atoms in total. The molecular formula is C14H18N2. The highest BCUT2D eigenvalue weighted by molar-refractivity contribution is 5.32. The SMILES string of the molecule is CC(NC1CC1(C)C)c1ccc(C#N)cc1. The molecule has 1 aliphatic carbocycles. The van der Waals surface area contributed by atoms with Gasteiger partial charge >= 0.3 is 0 Å². The standard InChI is InChI=1S/C14H18N2/c1-10(16-13-8-14(13,2)3)12-6-4-11(9-15)5-7-12/h4-7,10,13,16H,8H2,1-3H3. The topological polar surface area (TPSA) is 35.8 Å². The van der Waals surface area contributed by atoms with Crippen molar-refractivity contribution in [3.8, 4) is 6.07 Å². The zero-order chi connectivity index (χ0) is 11.8. The first-order chi connectivity index (χ1) is 7.53. The Morgan fingerprint density at radius 2 is 1.94 bits per heavy atom. The van der Waals surface area contributed by atoms with Crippen molar-refractivity contribution in [2.75, 3.05) is 0 Å². The lowest BCUT2D eigenvalue weighted by molar-refractivity contribution is 0.492. The van der Waals surface area contributed by atoms with E-state index < -0.39 is 0 Å². The fraction of sp³-hybridized carbons (Fsp3) is 0.500. The van der Waals surface area contributed by atoms with Gasteiger partial charge in [-0.15, -0.1) is 0 Å². The molecular weight excluding hydrogens is 196 g/mol. The van der Waals surface area contributed by atoms with Gasteiger partial charge in [0.15, 0.2) is 0 Å². The molecule has 0 saturated heterocycles. The molecule has 2 heteroatoms. The first kappa shape index (κ1) is 11.2. The summed E-state index contributed by atoms with van der Waals surface area (Å²) in [6.07, 6.45) is 1.26. The number of nitrogens with one attached hydrogen (secondary N) is 1. The van der Waals surface area contributed by atoms with E-state index in [1.807, 2.05) is 24.3 Å². The maximum Gasteiger partial charge on any atom is 0.0991 e. The Morgan fingerprint density at radius 1 is 1.38 bits per heavy atom. The van der Waals surface area contributed by atoms with Crippen molar-refractivity contribution in [2.45, 2.75) is 39.3 Å². The second kappa shape index (κ2) is 3.92. The summed E-state index contributed by atoms with van der Waals surface area (Å²) in [7, 11) is 0. The summed E-state index contributed by atoms with van der Waals surface area (Å²) < 4.78 is 0. The Bertz CT molecular complexity index is 411. The Kier molecular flexibility index (Phi) is 2.73. The normalized spacial score (nSPS) is 23.5. The van der Waals surface area contributed by atoms with Crippen LogP contribution in [0.15, 0.2) is 24.3 Å². The lowest BCUT2D eigenvalue weighted by Gasteiger charge is -2.15. The molecule has 16 heavy (non-hydrogen) atoms. The summed E-state index contributed by atoms with van der Waals surface area (Å²) in [5.74, 6) is 0. The average molecular weight is 214 g/mol. The molecule has 0 amide bonds. The maximum atomic E-state index is 8.73. The lowest BCUT2D eigenvalue weighted by Crippen LogP contribution is -2.24. The third-order valence-corrected chi connectivity index (χ3v) is 3.50. The van der Waals surface area contributed by atoms with E-state index in [2.05, 4.69) is 32.2 Å². The van der Waals surface area contributed by atoms with Crippen LogP contribution in [-0.4, -0.2) is 6.04 Å². The van der Waals surface area contributed by atoms with Crippen LogP contribution in [0.2, 0.25) is 0 Å². The molecule has 1 aliphatic rings. The van der Waals surface area contributed by atoms with Crippen molar-refractivity contribution in [2.24, 2.45) is 5.41 Å². The molecule has 1 fully saturated rings. The van der Waals surface area contributed by atoms with E-state index in [9.17, 15) is 0 Å². The highest BCUT2D eigenvalue weighted by Gasteiger charge is 2.45. The highest BCUT2D eigenvalue weighted by Crippen LogP contribution is 2.45.